The van der Waals surface area contributed by atoms with E-state index in [-0.39, 0.29) is 11.5 Å². The summed E-state index contributed by atoms with van der Waals surface area (Å²) in [6.45, 7) is 7.65. The number of pyridine rings is 1. The molecule has 0 aliphatic carbocycles. The Morgan fingerprint density at radius 3 is 2.76 bits per heavy atom. The molecule has 1 aromatic heterocycles. The molecule has 2 rings (SSSR count). The van der Waals surface area contributed by atoms with Crippen molar-refractivity contribution < 1.29 is 5.11 Å². The second-order valence-electron chi connectivity index (χ2n) is 6.66. The molecule has 0 saturated carbocycles. The molecule has 2 aromatic rings. The van der Waals surface area contributed by atoms with Gasteiger partial charge in [0, 0.05) is 29.7 Å². The molecule has 21 heavy (non-hydrogen) atoms. The van der Waals surface area contributed by atoms with Gasteiger partial charge in [-0.25, -0.2) is 0 Å². The summed E-state index contributed by atoms with van der Waals surface area (Å²) in [6.07, 6.45) is 2.22. The zero-order chi connectivity index (χ0) is 15.5. The Labute approximate surface area is 131 Å². The predicted octanol–water partition coefficient (Wildman–Crippen LogP) is 3.77. The number of aliphatic hydroxyl groups excluding tert-OH is 1. The lowest BCUT2D eigenvalue weighted by Crippen LogP contribution is -2.29. The highest BCUT2D eigenvalue weighted by molar-refractivity contribution is 6.35. The van der Waals surface area contributed by atoms with Crippen LogP contribution < -0.4 is 5.32 Å². The van der Waals surface area contributed by atoms with Gasteiger partial charge < -0.3 is 10.4 Å². The lowest BCUT2D eigenvalue weighted by molar-refractivity contribution is 0.119. The third-order valence-electron chi connectivity index (χ3n) is 3.34. The quantitative estimate of drug-likeness (QED) is 0.883. The number of hydrogen-bond acceptors (Lipinski definition) is 3. The van der Waals surface area contributed by atoms with E-state index in [9.17, 15) is 5.11 Å². The van der Waals surface area contributed by atoms with E-state index in [1.807, 2.05) is 24.3 Å². The molecule has 0 fully saturated rings. The fourth-order valence-corrected chi connectivity index (χ4v) is 2.71. The van der Waals surface area contributed by atoms with E-state index in [1.165, 1.54) is 0 Å². The van der Waals surface area contributed by atoms with Gasteiger partial charge >= 0.3 is 0 Å². The van der Waals surface area contributed by atoms with Crippen LogP contribution in [0.25, 0.3) is 10.9 Å². The number of nitrogens with zero attached hydrogens (tertiary/aromatic N) is 1. The zero-order valence-electron chi connectivity index (χ0n) is 12.9. The Morgan fingerprint density at radius 1 is 1.29 bits per heavy atom. The van der Waals surface area contributed by atoms with Crippen LogP contribution in [-0.2, 0) is 6.54 Å². The molecule has 2 N–H and O–H groups in total. The van der Waals surface area contributed by atoms with Gasteiger partial charge in [0.25, 0.3) is 0 Å². The van der Waals surface area contributed by atoms with Crippen LogP contribution in [0.3, 0.4) is 0 Å². The van der Waals surface area contributed by atoms with E-state index in [2.05, 4.69) is 31.1 Å². The molecule has 0 amide bonds. The molecule has 4 heteroatoms. The zero-order valence-corrected chi connectivity index (χ0v) is 13.6. The third kappa shape index (κ3) is 4.67. The van der Waals surface area contributed by atoms with Gasteiger partial charge in [-0.2, -0.15) is 0 Å². The Bertz CT molecular complexity index is 607. The van der Waals surface area contributed by atoms with Crippen molar-refractivity contribution in [2.75, 3.05) is 6.54 Å². The highest BCUT2D eigenvalue weighted by Gasteiger charge is 2.16. The van der Waals surface area contributed by atoms with Crippen LogP contribution in [-0.4, -0.2) is 22.7 Å². The van der Waals surface area contributed by atoms with E-state index in [4.69, 9.17) is 11.6 Å². The highest BCUT2D eigenvalue weighted by atomic mass is 35.5. The first-order valence-electron chi connectivity index (χ1n) is 7.28. The molecule has 0 bridgehead atoms. The van der Waals surface area contributed by atoms with Crippen molar-refractivity contribution in [3.05, 3.63) is 41.0 Å². The molecule has 1 aromatic carbocycles. The minimum atomic E-state index is -0.337. The lowest BCUT2D eigenvalue weighted by Gasteiger charge is -2.22. The maximum atomic E-state index is 10.0. The van der Waals surface area contributed by atoms with Crippen molar-refractivity contribution >= 4 is 22.5 Å². The van der Waals surface area contributed by atoms with Crippen LogP contribution in [0.1, 0.15) is 32.8 Å². The second kappa shape index (κ2) is 6.73. The summed E-state index contributed by atoms with van der Waals surface area (Å²) in [5, 5.41) is 15.0. The van der Waals surface area contributed by atoms with Crippen LogP contribution in [0, 0.1) is 5.41 Å². The van der Waals surface area contributed by atoms with Crippen molar-refractivity contribution in [3.63, 3.8) is 0 Å². The molecule has 1 atom stereocenters. The molecular weight excluding hydrogens is 284 g/mol. The number of benzene rings is 1. The monoisotopic (exact) mass is 306 g/mol. The second-order valence-corrected chi connectivity index (χ2v) is 7.06. The Hall–Kier alpha value is -1.16. The molecule has 0 spiro atoms. The third-order valence-corrected chi connectivity index (χ3v) is 3.67. The lowest BCUT2D eigenvalue weighted by atomic mass is 9.89. The maximum absolute atomic E-state index is 10.0. The normalized spacial score (nSPS) is 13.6. The first kappa shape index (κ1) is 16.2. The molecule has 114 valence electrons. The van der Waals surface area contributed by atoms with E-state index >= 15 is 0 Å². The fraction of sp³-hybridized carbons (Fsp3) is 0.471. The summed E-state index contributed by atoms with van der Waals surface area (Å²) in [7, 11) is 0. The van der Waals surface area contributed by atoms with Gasteiger partial charge in [-0.1, -0.05) is 38.4 Å². The molecule has 1 unspecified atom stereocenters. The number of nitrogens with one attached hydrogen (secondary N) is 1. The summed E-state index contributed by atoms with van der Waals surface area (Å²) in [4.78, 5) is 4.41. The van der Waals surface area contributed by atoms with Crippen LogP contribution in [0.4, 0.5) is 0 Å². The maximum Gasteiger partial charge on any atom is 0.0761 e. The minimum absolute atomic E-state index is 0.135. The molecule has 0 saturated heterocycles. The first-order valence-corrected chi connectivity index (χ1v) is 7.65. The molecule has 0 aliphatic heterocycles. The largest absolute Gasteiger partial charge is 0.392 e. The average molecular weight is 307 g/mol. The smallest absolute Gasteiger partial charge is 0.0761 e. The highest BCUT2D eigenvalue weighted by Crippen LogP contribution is 2.25. The Kier molecular flexibility index (Phi) is 5.20. The van der Waals surface area contributed by atoms with E-state index in [0.29, 0.717) is 13.1 Å². The van der Waals surface area contributed by atoms with Crippen molar-refractivity contribution in [2.45, 2.75) is 39.8 Å². The van der Waals surface area contributed by atoms with E-state index < -0.39 is 0 Å². The van der Waals surface area contributed by atoms with Gasteiger partial charge in [0.1, 0.15) is 0 Å². The minimum Gasteiger partial charge on any atom is -0.392 e. The van der Waals surface area contributed by atoms with E-state index in [1.54, 1.807) is 6.20 Å². The summed E-state index contributed by atoms with van der Waals surface area (Å²) in [6, 6.07) is 7.75. The average Bonchev–Trinajstić information content (AvgIpc) is 2.40. The van der Waals surface area contributed by atoms with Crippen molar-refractivity contribution in [1.82, 2.24) is 10.3 Å². The standard InChI is InChI=1S/C17H23ClN2O/c1-17(2,3)9-13(21)11-19-10-12-6-7-15(18)14-5-4-8-20-16(12)14/h4-8,13,19,21H,9-11H2,1-3H3. The number of aromatic nitrogens is 1. The summed E-state index contributed by atoms with van der Waals surface area (Å²) in [5.74, 6) is 0. The molecule has 0 radical (unpaired) electrons. The van der Waals surface area contributed by atoms with E-state index in [0.717, 1.165) is 27.9 Å². The number of aliphatic hydroxyl groups is 1. The van der Waals surface area contributed by atoms with Crippen molar-refractivity contribution in [2.24, 2.45) is 5.41 Å². The Balaban J connectivity index is 2.00. The van der Waals surface area contributed by atoms with Crippen LogP contribution >= 0.6 is 11.6 Å². The molecule has 3 nitrogen and oxygen atoms in total. The van der Waals surface area contributed by atoms with Gasteiger partial charge in [0.2, 0.25) is 0 Å². The topological polar surface area (TPSA) is 45.1 Å². The van der Waals surface area contributed by atoms with Gasteiger partial charge in [-0.15, -0.1) is 0 Å². The van der Waals surface area contributed by atoms with Gasteiger partial charge in [-0.3, -0.25) is 4.98 Å². The van der Waals surface area contributed by atoms with Crippen LogP contribution in [0.5, 0.6) is 0 Å². The first-order chi connectivity index (χ1) is 9.87. The summed E-state index contributed by atoms with van der Waals surface area (Å²) < 4.78 is 0. The van der Waals surface area contributed by atoms with Gasteiger partial charge in [0.15, 0.2) is 0 Å². The Morgan fingerprint density at radius 2 is 2.05 bits per heavy atom. The molecule has 0 aliphatic rings. The number of fused-ring (bicyclic) bond motifs is 1. The fourth-order valence-electron chi connectivity index (χ4n) is 2.49. The number of halogens is 1. The van der Waals surface area contributed by atoms with Gasteiger partial charge in [-0.05, 0) is 35.6 Å². The molecular formula is C17H23ClN2O. The van der Waals surface area contributed by atoms with Crippen molar-refractivity contribution in [1.29, 1.82) is 0 Å². The molecule has 1 heterocycles. The van der Waals surface area contributed by atoms with Crippen LogP contribution in [0.2, 0.25) is 5.02 Å². The summed E-state index contributed by atoms with van der Waals surface area (Å²) >= 11 is 6.19. The summed E-state index contributed by atoms with van der Waals surface area (Å²) in [5.41, 5.74) is 2.15. The van der Waals surface area contributed by atoms with Gasteiger partial charge in [0.05, 0.1) is 11.6 Å². The SMILES string of the molecule is CC(C)(C)CC(O)CNCc1ccc(Cl)c2cccnc12. The van der Waals surface area contributed by atoms with Crippen LogP contribution in [0.15, 0.2) is 30.5 Å². The predicted molar refractivity (Wildman–Crippen MR) is 88.5 cm³/mol. The number of hydrogen-bond donors (Lipinski definition) is 2. The number of rotatable bonds is 5. The van der Waals surface area contributed by atoms with Crippen molar-refractivity contribution in [3.8, 4) is 0 Å².